The molecule has 1 saturated heterocycles. The van der Waals surface area contributed by atoms with Crippen LogP contribution in [0.5, 0.6) is 0 Å². The van der Waals surface area contributed by atoms with Gasteiger partial charge in [-0.2, -0.15) is 0 Å². The third kappa shape index (κ3) is 5.35. The molecule has 34 heavy (non-hydrogen) atoms. The first kappa shape index (κ1) is 22.8. The van der Waals surface area contributed by atoms with Gasteiger partial charge in [-0.25, -0.2) is 0 Å². The van der Waals surface area contributed by atoms with Crippen LogP contribution in [0.1, 0.15) is 36.4 Å². The van der Waals surface area contributed by atoms with Gasteiger partial charge in [-0.15, -0.1) is 0 Å². The van der Waals surface area contributed by atoms with E-state index in [1.165, 1.54) is 0 Å². The van der Waals surface area contributed by atoms with Gasteiger partial charge in [0.05, 0.1) is 0 Å². The lowest BCUT2D eigenvalue weighted by atomic mass is 10.0. The number of carbonyl (C=O) groups is 2. The number of nitrogens with two attached hydrogens (primary N) is 1. The number of carbonyl (C=O) groups excluding carboxylic acids is 2. The second-order valence-electron chi connectivity index (χ2n) is 8.09. The van der Waals surface area contributed by atoms with Crippen LogP contribution in [0.3, 0.4) is 0 Å². The Morgan fingerprint density at radius 1 is 0.971 bits per heavy atom. The molecule has 1 heterocycles. The fraction of sp³-hybridized carbons (Fsp3) is 0.192. The summed E-state index contributed by atoms with van der Waals surface area (Å²) < 4.78 is 0. The summed E-state index contributed by atoms with van der Waals surface area (Å²) in [5.41, 5.74) is 9.13. The molecule has 8 heteroatoms. The number of nitrogens with one attached hydrogen (secondary N) is 2. The summed E-state index contributed by atoms with van der Waals surface area (Å²) in [4.78, 5) is 27.3. The maximum Gasteiger partial charge on any atom is 0.251 e. The van der Waals surface area contributed by atoms with Gasteiger partial charge in [0.2, 0.25) is 5.91 Å². The molecule has 1 atom stereocenters. The van der Waals surface area contributed by atoms with Gasteiger partial charge < -0.3 is 26.5 Å². The van der Waals surface area contributed by atoms with Gasteiger partial charge in [-0.3, -0.25) is 9.59 Å². The molecule has 0 unspecified atom stereocenters. The molecule has 8 nitrogen and oxygen atoms in total. The van der Waals surface area contributed by atoms with E-state index in [0.717, 1.165) is 30.6 Å². The monoisotopic (exact) mass is 457 g/mol. The third-order valence-electron chi connectivity index (χ3n) is 5.74. The van der Waals surface area contributed by atoms with E-state index in [2.05, 4.69) is 15.8 Å². The van der Waals surface area contributed by atoms with Gasteiger partial charge in [0, 0.05) is 35.6 Å². The van der Waals surface area contributed by atoms with Crippen LogP contribution < -0.4 is 21.3 Å². The van der Waals surface area contributed by atoms with E-state index in [9.17, 15) is 9.59 Å². The average molecular weight is 458 g/mol. The summed E-state index contributed by atoms with van der Waals surface area (Å²) in [5.74, 6) is -0.135. The van der Waals surface area contributed by atoms with Crippen LogP contribution >= 0.6 is 0 Å². The number of piperidine rings is 1. The van der Waals surface area contributed by atoms with Crippen LogP contribution in [0.2, 0.25) is 0 Å². The number of amidine groups is 1. The number of amides is 2. The van der Waals surface area contributed by atoms with Gasteiger partial charge in [0.25, 0.3) is 5.91 Å². The van der Waals surface area contributed by atoms with E-state index in [-0.39, 0.29) is 17.6 Å². The Morgan fingerprint density at radius 3 is 2.44 bits per heavy atom. The van der Waals surface area contributed by atoms with E-state index < -0.39 is 6.04 Å². The molecule has 0 saturated carbocycles. The zero-order valence-corrected chi connectivity index (χ0v) is 18.6. The Balaban J connectivity index is 1.53. The normalized spacial score (nSPS) is 15.0. The van der Waals surface area contributed by atoms with E-state index in [1.54, 1.807) is 35.2 Å². The molecule has 0 radical (unpaired) electrons. The summed E-state index contributed by atoms with van der Waals surface area (Å²) >= 11 is 0. The number of hydrogen-bond acceptors (Lipinski definition) is 5. The predicted octanol–water partition coefficient (Wildman–Crippen LogP) is 4.09. The van der Waals surface area contributed by atoms with Gasteiger partial charge in [-0.1, -0.05) is 47.6 Å². The first-order chi connectivity index (χ1) is 16.5. The summed E-state index contributed by atoms with van der Waals surface area (Å²) in [5, 5.41) is 18.2. The predicted molar refractivity (Wildman–Crippen MR) is 133 cm³/mol. The van der Waals surface area contributed by atoms with Gasteiger partial charge in [-0.05, 0) is 54.8 Å². The van der Waals surface area contributed by atoms with Crippen molar-refractivity contribution >= 4 is 34.7 Å². The smallest absolute Gasteiger partial charge is 0.251 e. The molecule has 0 spiro atoms. The highest BCUT2D eigenvalue weighted by molar-refractivity contribution is 5.99. The molecule has 5 N–H and O–H groups in total. The number of rotatable bonds is 7. The Labute approximate surface area is 198 Å². The highest BCUT2D eigenvalue weighted by Crippen LogP contribution is 2.25. The first-order valence-electron chi connectivity index (χ1n) is 11.2. The Hall–Kier alpha value is -4.33. The van der Waals surface area contributed by atoms with E-state index >= 15 is 0 Å². The quantitative estimate of drug-likeness (QED) is 0.184. The summed E-state index contributed by atoms with van der Waals surface area (Å²) in [6, 6.07) is 23.0. The van der Waals surface area contributed by atoms with Crippen molar-refractivity contribution in [3.63, 3.8) is 0 Å². The second kappa shape index (κ2) is 10.5. The standard InChI is InChI=1S/C26H27N5O3/c27-25(30-34)19-9-6-10-21(17-19)28-24(18-7-2-1-3-8-18)26(33)29-20-12-14-22(15-13-20)31-16-5-4-11-23(31)32/h1-3,6-10,12-15,17,24,28,34H,4-5,11,16H2,(H2,27,30)(H,29,33)/t24-/m0/s1. The van der Waals surface area contributed by atoms with Crippen LogP contribution in [0.15, 0.2) is 84.0 Å². The summed E-state index contributed by atoms with van der Waals surface area (Å²) in [6.07, 6.45) is 2.49. The van der Waals surface area contributed by atoms with Crippen LogP contribution in [-0.2, 0) is 9.59 Å². The lowest BCUT2D eigenvalue weighted by Gasteiger charge is -2.27. The molecular formula is C26H27N5O3. The second-order valence-corrected chi connectivity index (χ2v) is 8.09. The number of benzene rings is 3. The van der Waals surface area contributed by atoms with Crippen molar-refractivity contribution in [1.82, 2.24) is 0 Å². The van der Waals surface area contributed by atoms with E-state index in [0.29, 0.717) is 23.4 Å². The zero-order valence-electron chi connectivity index (χ0n) is 18.6. The van der Waals surface area contributed by atoms with Crippen molar-refractivity contribution in [3.05, 3.63) is 90.0 Å². The van der Waals surface area contributed by atoms with Crippen molar-refractivity contribution in [2.75, 3.05) is 22.1 Å². The van der Waals surface area contributed by atoms with Crippen LogP contribution in [0, 0.1) is 0 Å². The highest BCUT2D eigenvalue weighted by atomic mass is 16.4. The Bertz CT molecular complexity index is 1180. The molecule has 0 aromatic heterocycles. The SMILES string of the molecule is N/C(=N\O)c1cccc(N[C@H](C(=O)Nc2ccc(N3CCCCC3=O)cc2)c2ccccc2)c1. The fourth-order valence-electron chi connectivity index (χ4n) is 3.96. The maximum absolute atomic E-state index is 13.3. The number of oxime groups is 1. The lowest BCUT2D eigenvalue weighted by Crippen LogP contribution is -2.35. The highest BCUT2D eigenvalue weighted by Gasteiger charge is 2.22. The lowest BCUT2D eigenvalue weighted by molar-refractivity contribution is -0.119. The molecule has 1 fully saturated rings. The maximum atomic E-state index is 13.3. The molecule has 2 amide bonds. The van der Waals surface area contributed by atoms with Gasteiger partial charge >= 0.3 is 0 Å². The van der Waals surface area contributed by atoms with Crippen LogP contribution in [0.25, 0.3) is 0 Å². The molecule has 0 aliphatic carbocycles. The first-order valence-corrected chi connectivity index (χ1v) is 11.2. The van der Waals surface area contributed by atoms with Crippen molar-refractivity contribution in [3.8, 4) is 0 Å². The average Bonchev–Trinajstić information content (AvgIpc) is 2.88. The Kier molecular flexibility index (Phi) is 7.07. The molecular weight excluding hydrogens is 430 g/mol. The van der Waals surface area contributed by atoms with E-state index in [1.807, 2.05) is 48.5 Å². The van der Waals surface area contributed by atoms with Crippen molar-refractivity contribution in [2.24, 2.45) is 10.9 Å². The number of anilines is 3. The van der Waals surface area contributed by atoms with Gasteiger partial charge in [0.15, 0.2) is 5.84 Å². The molecule has 0 bridgehead atoms. The molecule has 1 aliphatic heterocycles. The molecule has 4 rings (SSSR count). The minimum Gasteiger partial charge on any atom is -0.409 e. The molecule has 1 aliphatic rings. The zero-order chi connectivity index (χ0) is 23.9. The van der Waals surface area contributed by atoms with Crippen LogP contribution in [-0.4, -0.2) is 29.4 Å². The van der Waals surface area contributed by atoms with Gasteiger partial charge in [0.1, 0.15) is 6.04 Å². The minimum absolute atomic E-state index is 0.0170. The summed E-state index contributed by atoms with van der Waals surface area (Å²) in [7, 11) is 0. The van der Waals surface area contributed by atoms with Crippen molar-refractivity contribution in [2.45, 2.75) is 25.3 Å². The largest absolute Gasteiger partial charge is 0.409 e. The molecule has 3 aromatic carbocycles. The number of hydrogen-bond donors (Lipinski definition) is 4. The summed E-state index contributed by atoms with van der Waals surface area (Å²) in [6.45, 7) is 0.717. The third-order valence-corrected chi connectivity index (χ3v) is 5.74. The Morgan fingerprint density at radius 2 is 1.74 bits per heavy atom. The van der Waals surface area contributed by atoms with Crippen LogP contribution in [0.4, 0.5) is 17.1 Å². The minimum atomic E-state index is -0.688. The fourth-order valence-corrected chi connectivity index (χ4v) is 3.96. The van der Waals surface area contributed by atoms with Crippen molar-refractivity contribution in [1.29, 1.82) is 0 Å². The molecule has 174 valence electrons. The topological polar surface area (TPSA) is 120 Å². The van der Waals surface area contributed by atoms with Crippen molar-refractivity contribution < 1.29 is 14.8 Å². The number of nitrogens with zero attached hydrogens (tertiary/aromatic N) is 2. The molecule has 3 aromatic rings. The van der Waals surface area contributed by atoms with E-state index in [4.69, 9.17) is 10.9 Å².